The van der Waals surface area contributed by atoms with Gasteiger partial charge < -0.3 is 5.32 Å². The highest BCUT2D eigenvalue weighted by molar-refractivity contribution is 5.26. The van der Waals surface area contributed by atoms with Crippen molar-refractivity contribution in [3.8, 4) is 6.07 Å². The third-order valence-corrected chi connectivity index (χ3v) is 3.09. The molecule has 4 heteroatoms. The van der Waals surface area contributed by atoms with Crippen molar-refractivity contribution in [2.75, 3.05) is 13.1 Å². The van der Waals surface area contributed by atoms with E-state index >= 15 is 0 Å². The maximum Gasteiger partial charge on any atom is 0.127 e. The van der Waals surface area contributed by atoms with Crippen LogP contribution in [0.15, 0.2) is 18.2 Å². The second-order valence-corrected chi connectivity index (χ2v) is 6.11. The molecule has 0 aliphatic rings. The molecule has 1 aromatic rings. The molecule has 0 bridgehead atoms. The van der Waals surface area contributed by atoms with Gasteiger partial charge in [0.05, 0.1) is 11.5 Å². The average molecular weight is 266 g/mol. The summed E-state index contributed by atoms with van der Waals surface area (Å²) < 4.78 is 27.0. The molecule has 0 aromatic heterocycles. The minimum atomic E-state index is -0.544. The van der Waals surface area contributed by atoms with E-state index in [1.165, 1.54) is 6.07 Å². The van der Waals surface area contributed by atoms with Crippen LogP contribution in [0.2, 0.25) is 0 Å². The fourth-order valence-electron chi connectivity index (χ4n) is 1.84. The molecule has 0 radical (unpaired) electrons. The Bertz CT molecular complexity index is 487. The number of benzene rings is 1. The Hall–Kier alpha value is -1.47. The molecule has 1 rings (SSSR count). The SMILES string of the molecule is CC(C)(C#N)CNCC(C)(C)c1cc(F)ccc1F. The van der Waals surface area contributed by atoms with E-state index in [-0.39, 0.29) is 0 Å². The Morgan fingerprint density at radius 1 is 1.16 bits per heavy atom. The van der Waals surface area contributed by atoms with Crippen LogP contribution in [0.5, 0.6) is 0 Å². The zero-order chi connectivity index (χ0) is 14.7. The summed E-state index contributed by atoms with van der Waals surface area (Å²) >= 11 is 0. The van der Waals surface area contributed by atoms with Gasteiger partial charge in [-0.1, -0.05) is 13.8 Å². The first kappa shape index (κ1) is 15.6. The molecule has 0 atom stereocenters. The highest BCUT2D eigenvalue weighted by Crippen LogP contribution is 2.26. The molecule has 0 aliphatic heterocycles. The van der Waals surface area contributed by atoms with Crippen molar-refractivity contribution < 1.29 is 8.78 Å². The number of rotatable bonds is 5. The summed E-state index contributed by atoms with van der Waals surface area (Å²) in [4.78, 5) is 0. The van der Waals surface area contributed by atoms with Crippen molar-refractivity contribution in [3.63, 3.8) is 0 Å². The van der Waals surface area contributed by atoms with Gasteiger partial charge in [0.25, 0.3) is 0 Å². The van der Waals surface area contributed by atoms with Crippen molar-refractivity contribution >= 4 is 0 Å². The summed E-state index contributed by atoms with van der Waals surface area (Å²) in [5.41, 5.74) is -0.677. The zero-order valence-electron chi connectivity index (χ0n) is 11.8. The van der Waals surface area contributed by atoms with E-state index in [2.05, 4.69) is 11.4 Å². The number of halogens is 2. The standard InChI is InChI=1S/C15H20F2N2/c1-14(2,8-18)9-19-10-15(3,4)12-7-11(16)5-6-13(12)17/h5-7,19H,9-10H2,1-4H3. The van der Waals surface area contributed by atoms with Crippen LogP contribution < -0.4 is 5.32 Å². The summed E-state index contributed by atoms with van der Waals surface area (Å²) in [6.45, 7) is 8.32. The Labute approximate surface area is 113 Å². The lowest BCUT2D eigenvalue weighted by molar-refractivity contribution is 0.387. The van der Waals surface area contributed by atoms with E-state index in [1.54, 1.807) is 0 Å². The minimum absolute atomic E-state index is 0.342. The summed E-state index contributed by atoms with van der Waals surface area (Å²) in [7, 11) is 0. The molecule has 1 N–H and O–H groups in total. The van der Waals surface area contributed by atoms with Crippen molar-refractivity contribution in [1.82, 2.24) is 5.32 Å². The molecule has 104 valence electrons. The summed E-state index contributed by atoms with van der Waals surface area (Å²) in [5, 5.41) is 12.1. The maximum atomic E-state index is 13.7. The molecule has 2 nitrogen and oxygen atoms in total. The Kier molecular flexibility index (Phi) is 4.65. The van der Waals surface area contributed by atoms with Crippen LogP contribution in [0.3, 0.4) is 0 Å². The Balaban J connectivity index is 2.76. The van der Waals surface area contributed by atoms with Crippen molar-refractivity contribution in [1.29, 1.82) is 5.26 Å². The molecule has 0 amide bonds. The second-order valence-electron chi connectivity index (χ2n) is 6.11. The predicted octanol–water partition coefficient (Wildman–Crippen LogP) is 3.38. The van der Waals surface area contributed by atoms with Crippen LogP contribution in [0, 0.1) is 28.4 Å². The predicted molar refractivity (Wildman–Crippen MR) is 71.6 cm³/mol. The topological polar surface area (TPSA) is 35.8 Å². The van der Waals surface area contributed by atoms with Crippen molar-refractivity contribution in [3.05, 3.63) is 35.4 Å². The third-order valence-electron chi connectivity index (χ3n) is 3.09. The van der Waals surface area contributed by atoms with Gasteiger partial charge in [-0.2, -0.15) is 5.26 Å². The van der Waals surface area contributed by atoms with E-state index in [4.69, 9.17) is 5.26 Å². The van der Waals surface area contributed by atoms with Gasteiger partial charge in [0.2, 0.25) is 0 Å². The van der Waals surface area contributed by atoms with Gasteiger partial charge in [0, 0.05) is 18.5 Å². The number of nitrogens with zero attached hydrogens (tertiary/aromatic N) is 1. The van der Waals surface area contributed by atoms with Crippen molar-refractivity contribution in [2.24, 2.45) is 5.41 Å². The summed E-state index contributed by atoms with van der Waals surface area (Å²) in [6.07, 6.45) is 0. The molecule has 0 spiro atoms. The summed E-state index contributed by atoms with van der Waals surface area (Å²) in [5.74, 6) is -0.852. The second kappa shape index (κ2) is 5.66. The van der Waals surface area contributed by atoms with Crippen LogP contribution >= 0.6 is 0 Å². The van der Waals surface area contributed by atoms with Crippen LogP contribution in [-0.2, 0) is 5.41 Å². The van der Waals surface area contributed by atoms with Crippen LogP contribution in [0.1, 0.15) is 33.3 Å². The normalized spacial score (nSPS) is 12.3. The van der Waals surface area contributed by atoms with Gasteiger partial charge in [-0.25, -0.2) is 8.78 Å². The number of nitrogens with one attached hydrogen (secondary N) is 1. The molecular formula is C15H20F2N2. The summed E-state index contributed by atoms with van der Waals surface area (Å²) in [6, 6.07) is 5.68. The molecule has 0 heterocycles. The highest BCUT2D eigenvalue weighted by atomic mass is 19.1. The molecule has 0 saturated heterocycles. The van der Waals surface area contributed by atoms with Gasteiger partial charge in [-0.05, 0) is 37.6 Å². The lowest BCUT2D eigenvalue weighted by Crippen LogP contribution is -2.38. The lowest BCUT2D eigenvalue weighted by atomic mass is 9.83. The molecule has 19 heavy (non-hydrogen) atoms. The molecule has 0 saturated carbocycles. The molecule has 1 aromatic carbocycles. The molecular weight excluding hydrogens is 246 g/mol. The number of hydrogen-bond donors (Lipinski definition) is 1. The van der Waals surface area contributed by atoms with E-state index in [1.807, 2.05) is 27.7 Å². The van der Waals surface area contributed by atoms with E-state index < -0.39 is 22.5 Å². The molecule has 0 fully saturated rings. The molecule has 0 unspecified atom stereocenters. The zero-order valence-corrected chi connectivity index (χ0v) is 11.8. The maximum absolute atomic E-state index is 13.7. The highest BCUT2D eigenvalue weighted by Gasteiger charge is 2.26. The van der Waals surface area contributed by atoms with Crippen LogP contribution in [-0.4, -0.2) is 13.1 Å². The lowest BCUT2D eigenvalue weighted by Gasteiger charge is -2.28. The Morgan fingerprint density at radius 3 is 2.37 bits per heavy atom. The van der Waals surface area contributed by atoms with E-state index in [9.17, 15) is 8.78 Å². The van der Waals surface area contributed by atoms with Gasteiger partial charge in [0.15, 0.2) is 0 Å². The van der Waals surface area contributed by atoms with E-state index in [0.29, 0.717) is 18.7 Å². The first-order valence-corrected chi connectivity index (χ1v) is 6.25. The van der Waals surface area contributed by atoms with E-state index in [0.717, 1.165) is 12.1 Å². The quantitative estimate of drug-likeness (QED) is 0.886. The average Bonchev–Trinajstić information content (AvgIpc) is 2.31. The van der Waals surface area contributed by atoms with Crippen molar-refractivity contribution in [2.45, 2.75) is 33.1 Å². The van der Waals surface area contributed by atoms with Gasteiger partial charge in [0.1, 0.15) is 11.6 Å². The molecule has 0 aliphatic carbocycles. The monoisotopic (exact) mass is 266 g/mol. The first-order chi connectivity index (χ1) is 8.68. The van der Waals surface area contributed by atoms with Crippen LogP contribution in [0.4, 0.5) is 8.78 Å². The van der Waals surface area contributed by atoms with Gasteiger partial charge >= 0.3 is 0 Å². The minimum Gasteiger partial charge on any atom is -0.314 e. The largest absolute Gasteiger partial charge is 0.314 e. The van der Waals surface area contributed by atoms with Gasteiger partial charge in [-0.15, -0.1) is 0 Å². The smallest absolute Gasteiger partial charge is 0.127 e. The number of hydrogen-bond acceptors (Lipinski definition) is 2. The van der Waals surface area contributed by atoms with Crippen LogP contribution in [0.25, 0.3) is 0 Å². The third kappa shape index (κ3) is 4.29. The fraction of sp³-hybridized carbons (Fsp3) is 0.533. The fourth-order valence-corrected chi connectivity index (χ4v) is 1.84. The van der Waals surface area contributed by atoms with Gasteiger partial charge in [-0.3, -0.25) is 0 Å². The number of nitriles is 1. The Morgan fingerprint density at radius 2 is 1.79 bits per heavy atom. The first-order valence-electron chi connectivity index (χ1n) is 6.25.